The fourth-order valence-corrected chi connectivity index (χ4v) is 6.77. The van der Waals surface area contributed by atoms with E-state index in [0.29, 0.717) is 13.2 Å². The van der Waals surface area contributed by atoms with E-state index in [2.05, 4.69) is 127 Å². The molecule has 218 valence electrons. The lowest BCUT2D eigenvalue weighted by atomic mass is 9.90. The quantitative estimate of drug-likeness (QED) is 0.204. The van der Waals surface area contributed by atoms with Crippen LogP contribution >= 0.6 is 0 Å². The van der Waals surface area contributed by atoms with E-state index in [1.54, 1.807) is 0 Å². The van der Waals surface area contributed by atoms with E-state index in [4.69, 9.17) is 14.1 Å². The second kappa shape index (κ2) is 11.0. The van der Waals surface area contributed by atoms with Crippen LogP contribution in [0.3, 0.4) is 0 Å². The number of hydrogen-bond donors (Lipinski definition) is 0. The number of para-hydroxylation sites is 1. The Morgan fingerprint density at radius 2 is 1.09 bits per heavy atom. The lowest BCUT2D eigenvalue weighted by Crippen LogP contribution is -1.94. The summed E-state index contributed by atoms with van der Waals surface area (Å²) in [6.45, 7) is 1.13. The van der Waals surface area contributed by atoms with Crippen molar-refractivity contribution in [3.8, 4) is 55.9 Å². The van der Waals surface area contributed by atoms with Crippen LogP contribution in [0.5, 0.6) is 0 Å². The number of rotatable bonds is 4. The number of pyridine rings is 1. The molecule has 8 aromatic rings. The zero-order valence-corrected chi connectivity index (χ0v) is 25.1. The van der Waals surface area contributed by atoms with Gasteiger partial charge in [-0.3, -0.25) is 0 Å². The number of fused-ring (bicyclic) bond motifs is 6. The Hall–Kier alpha value is -5.77. The van der Waals surface area contributed by atoms with E-state index in [0.717, 1.165) is 55.6 Å². The molecule has 0 saturated carbocycles. The minimum atomic E-state index is 0.553. The number of furan rings is 1. The van der Waals surface area contributed by atoms with Gasteiger partial charge in [-0.05, 0) is 80.9 Å². The van der Waals surface area contributed by atoms with Crippen LogP contribution in [0, 0.1) is 0 Å². The molecule has 0 N–H and O–H groups in total. The topological polar surface area (TPSA) is 35.3 Å². The molecule has 0 aliphatic carbocycles. The zero-order chi connectivity index (χ0) is 30.5. The Balaban J connectivity index is 1.17. The number of aromatic nitrogens is 1. The molecule has 0 saturated heterocycles. The van der Waals surface area contributed by atoms with Crippen molar-refractivity contribution in [2.24, 2.45) is 0 Å². The average molecular weight is 592 g/mol. The highest BCUT2D eigenvalue weighted by atomic mass is 16.5. The first-order valence-corrected chi connectivity index (χ1v) is 15.7. The molecule has 3 nitrogen and oxygen atoms in total. The maximum Gasteiger partial charge on any atom is 0.136 e. The van der Waals surface area contributed by atoms with Gasteiger partial charge in [0.1, 0.15) is 11.2 Å². The molecule has 1 aliphatic rings. The van der Waals surface area contributed by atoms with Crippen molar-refractivity contribution in [1.82, 2.24) is 4.98 Å². The van der Waals surface area contributed by atoms with Crippen molar-refractivity contribution in [3.05, 3.63) is 163 Å². The number of ether oxygens (including phenoxy) is 1. The smallest absolute Gasteiger partial charge is 0.136 e. The predicted molar refractivity (Wildman–Crippen MR) is 187 cm³/mol. The molecule has 1 aliphatic heterocycles. The fourth-order valence-electron chi connectivity index (χ4n) is 6.77. The summed E-state index contributed by atoms with van der Waals surface area (Å²) in [7, 11) is 0. The lowest BCUT2D eigenvalue weighted by Gasteiger charge is -2.14. The van der Waals surface area contributed by atoms with Crippen molar-refractivity contribution in [3.63, 3.8) is 0 Å². The van der Waals surface area contributed by atoms with Crippen LogP contribution in [-0.2, 0) is 18.0 Å². The van der Waals surface area contributed by atoms with Crippen LogP contribution in [0.2, 0.25) is 0 Å². The van der Waals surface area contributed by atoms with Gasteiger partial charge in [0.05, 0.1) is 24.6 Å². The minimum absolute atomic E-state index is 0.553. The van der Waals surface area contributed by atoms with Crippen molar-refractivity contribution >= 4 is 21.9 Å². The van der Waals surface area contributed by atoms with E-state index >= 15 is 0 Å². The highest BCUT2D eigenvalue weighted by Crippen LogP contribution is 2.41. The standard InChI is InChI=1S/C43H29NO2/c1-3-10-28(11-4-1)39-24-33(25-40(44-39)29-12-5-2-6-13-29)30-20-21-35-34(22-30)27-45-26-32-19-18-31(23-38(32)35)36-15-9-17-42-43(36)37-14-7-8-16-41(37)46-42/h1-25H,26-27H2. The van der Waals surface area contributed by atoms with Gasteiger partial charge in [-0.2, -0.15) is 0 Å². The highest BCUT2D eigenvalue weighted by molar-refractivity contribution is 6.12. The molecule has 3 heteroatoms. The fraction of sp³-hybridized carbons (Fsp3) is 0.0465. The van der Waals surface area contributed by atoms with Crippen LogP contribution in [0.25, 0.3) is 77.8 Å². The Morgan fingerprint density at radius 1 is 0.413 bits per heavy atom. The highest BCUT2D eigenvalue weighted by Gasteiger charge is 2.19. The van der Waals surface area contributed by atoms with Crippen LogP contribution in [0.15, 0.2) is 156 Å². The molecular formula is C43H29NO2. The second-order valence-corrected chi connectivity index (χ2v) is 11.9. The van der Waals surface area contributed by atoms with E-state index in [1.165, 1.54) is 33.4 Å². The summed E-state index contributed by atoms with van der Waals surface area (Å²) in [5, 5.41) is 2.29. The third kappa shape index (κ3) is 4.61. The van der Waals surface area contributed by atoms with E-state index in [-0.39, 0.29) is 0 Å². The van der Waals surface area contributed by atoms with E-state index < -0.39 is 0 Å². The zero-order valence-electron chi connectivity index (χ0n) is 25.1. The molecule has 0 amide bonds. The summed E-state index contributed by atoms with van der Waals surface area (Å²) in [5.41, 5.74) is 15.3. The third-order valence-corrected chi connectivity index (χ3v) is 9.03. The van der Waals surface area contributed by atoms with Crippen molar-refractivity contribution in [2.75, 3.05) is 0 Å². The molecule has 0 atom stereocenters. The first-order valence-electron chi connectivity index (χ1n) is 15.7. The van der Waals surface area contributed by atoms with Crippen LogP contribution in [0.4, 0.5) is 0 Å². The molecule has 0 fully saturated rings. The van der Waals surface area contributed by atoms with Gasteiger partial charge in [-0.25, -0.2) is 4.98 Å². The Bertz CT molecular complexity index is 2330. The molecular weight excluding hydrogens is 562 g/mol. The second-order valence-electron chi connectivity index (χ2n) is 11.9. The van der Waals surface area contributed by atoms with Gasteiger partial charge >= 0.3 is 0 Å². The first kappa shape index (κ1) is 26.6. The summed E-state index contributed by atoms with van der Waals surface area (Å²) in [6.07, 6.45) is 0. The van der Waals surface area contributed by atoms with E-state index in [1.807, 2.05) is 24.3 Å². The molecule has 46 heavy (non-hydrogen) atoms. The SMILES string of the molecule is c1ccc(-c2cc(-c3ccc4c(c3)COCc3ccc(-c5cccc6oc7ccccc7c56)cc3-4)cc(-c3ccccc3)n2)cc1. The van der Waals surface area contributed by atoms with Gasteiger partial charge in [-0.1, -0.05) is 115 Å². The summed E-state index contributed by atoms with van der Waals surface area (Å²) in [6, 6.07) is 53.4. The summed E-state index contributed by atoms with van der Waals surface area (Å²) in [4.78, 5) is 5.08. The van der Waals surface area contributed by atoms with Crippen molar-refractivity contribution < 1.29 is 9.15 Å². The Kier molecular flexibility index (Phi) is 6.36. The number of nitrogens with zero attached hydrogens (tertiary/aromatic N) is 1. The average Bonchev–Trinajstić information content (AvgIpc) is 3.41. The normalized spacial score (nSPS) is 12.5. The molecule has 0 radical (unpaired) electrons. The molecule has 3 heterocycles. The predicted octanol–water partition coefficient (Wildman–Crippen LogP) is 11.3. The van der Waals surface area contributed by atoms with Crippen molar-refractivity contribution in [2.45, 2.75) is 13.2 Å². The lowest BCUT2D eigenvalue weighted by molar-refractivity contribution is 0.110. The largest absolute Gasteiger partial charge is 0.456 e. The van der Waals surface area contributed by atoms with Gasteiger partial charge in [0, 0.05) is 21.9 Å². The van der Waals surface area contributed by atoms with Crippen LogP contribution < -0.4 is 0 Å². The Labute approximate surface area is 267 Å². The molecule has 6 aromatic carbocycles. The molecule has 2 aromatic heterocycles. The summed E-state index contributed by atoms with van der Waals surface area (Å²) in [5.74, 6) is 0. The van der Waals surface area contributed by atoms with Crippen molar-refractivity contribution in [1.29, 1.82) is 0 Å². The van der Waals surface area contributed by atoms with Gasteiger partial charge in [0.15, 0.2) is 0 Å². The molecule has 0 spiro atoms. The molecule has 0 bridgehead atoms. The summed E-state index contributed by atoms with van der Waals surface area (Å²) < 4.78 is 12.5. The van der Waals surface area contributed by atoms with Gasteiger partial charge < -0.3 is 9.15 Å². The monoisotopic (exact) mass is 591 g/mol. The van der Waals surface area contributed by atoms with Gasteiger partial charge in [0.25, 0.3) is 0 Å². The number of benzene rings is 6. The Morgan fingerprint density at radius 3 is 1.87 bits per heavy atom. The third-order valence-electron chi connectivity index (χ3n) is 9.03. The maximum absolute atomic E-state index is 6.26. The summed E-state index contributed by atoms with van der Waals surface area (Å²) >= 11 is 0. The van der Waals surface area contributed by atoms with Gasteiger partial charge in [0.2, 0.25) is 0 Å². The minimum Gasteiger partial charge on any atom is -0.456 e. The molecule has 0 unspecified atom stereocenters. The van der Waals surface area contributed by atoms with Crippen LogP contribution in [0.1, 0.15) is 11.1 Å². The van der Waals surface area contributed by atoms with E-state index in [9.17, 15) is 0 Å². The first-order chi connectivity index (χ1) is 22.8. The maximum atomic E-state index is 6.26. The van der Waals surface area contributed by atoms with Crippen LogP contribution in [-0.4, -0.2) is 4.98 Å². The molecule has 9 rings (SSSR count). The van der Waals surface area contributed by atoms with Gasteiger partial charge in [-0.15, -0.1) is 0 Å². The number of hydrogen-bond acceptors (Lipinski definition) is 3.